The van der Waals surface area contributed by atoms with Crippen molar-refractivity contribution in [3.63, 3.8) is 0 Å². The fourth-order valence-corrected chi connectivity index (χ4v) is 3.23. The summed E-state index contributed by atoms with van der Waals surface area (Å²) in [4.78, 5) is 23.0. The maximum absolute atomic E-state index is 12.4. The van der Waals surface area contributed by atoms with Gasteiger partial charge in [-0.3, -0.25) is 9.59 Å². The Hall–Kier alpha value is -1.84. The standard InChI is InChI=1S/C18H25NO3/c1-2-15(11-13-5-3-4-6-13)18(22)19-16-9-7-14(8-10-16)12-17(20)21/h7-10,13,15H,2-6,11-12H2,1H3,(H,19,22)(H,20,21). The normalized spacial score (nSPS) is 16.4. The third-order valence-electron chi connectivity index (χ3n) is 4.53. The van der Waals surface area contributed by atoms with Gasteiger partial charge in [-0.05, 0) is 36.5 Å². The van der Waals surface area contributed by atoms with Gasteiger partial charge < -0.3 is 10.4 Å². The number of hydrogen-bond donors (Lipinski definition) is 2. The molecule has 120 valence electrons. The molecule has 1 aliphatic carbocycles. The molecule has 0 heterocycles. The van der Waals surface area contributed by atoms with E-state index in [1.165, 1.54) is 25.7 Å². The summed E-state index contributed by atoms with van der Waals surface area (Å²) in [5, 5.41) is 11.7. The van der Waals surface area contributed by atoms with E-state index in [2.05, 4.69) is 12.2 Å². The molecule has 1 fully saturated rings. The molecule has 1 amide bonds. The molecule has 1 aromatic carbocycles. The van der Waals surface area contributed by atoms with E-state index in [1.807, 2.05) is 0 Å². The van der Waals surface area contributed by atoms with Crippen molar-refractivity contribution in [2.24, 2.45) is 11.8 Å². The molecule has 0 aromatic heterocycles. The van der Waals surface area contributed by atoms with E-state index < -0.39 is 5.97 Å². The minimum absolute atomic E-state index is 0.00743. The van der Waals surface area contributed by atoms with Crippen LogP contribution in [-0.4, -0.2) is 17.0 Å². The fourth-order valence-electron chi connectivity index (χ4n) is 3.23. The van der Waals surface area contributed by atoms with Crippen LogP contribution in [0, 0.1) is 11.8 Å². The third-order valence-corrected chi connectivity index (χ3v) is 4.53. The number of carbonyl (C=O) groups excluding carboxylic acids is 1. The molecule has 2 rings (SSSR count). The SMILES string of the molecule is CCC(CC1CCCC1)C(=O)Nc1ccc(CC(=O)O)cc1. The lowest BCUT2D eigenvalue weighted by Gasteiger charge is -2.18. The molecular formula is C18H25NO3. The first-order valence-electron chi connectivity index (χ1n) is 8.20. The van der Waals surface area contributed by atoms with Gasteiger partial charge in [0.1, 0.15) is 0 Å². The van der Waals surface area contributed by atoms with Crippen LogP contribution in [0.3, 0.4) is 0 Å². The summed E-state index contributed by atoms with van der Waals surface area (Å²) in [7, 11) is 0. The number of carboxylic acids is 1. The lowest BCUT2D eigenvalue weighted by molar-refractivity contribution is -0.136. The van der Waals surface area contributed by atoms with Gasteiger partial charge in [-0.2, -0.15) is 0 Å². The molecule has 1 aromatic rings. The number of carbonyl (C=O) groups is 2. The molecule has 22 heavy (non-hydrogen) atoms. The molecule has 0 aliphatic heterocycles. The zero-order chi connectivity index (χ0) is 15.9. The Kier molecular flexibility index (Phi) is 5.99. The number of hydrogen-bond acceptors (Lipinski definition) is 2. The Morgan fingerprint density at radius 3 is 2.41 bits per heavy atom. The van der Waals surface area contributed by atoms with Gasteiger partial charge in [0.25, 0.3) is 0 Å². The number of anilines is 1. The highest BCUT2D eigenvalue weighted by Gasteiger charge is 2.23. The van der Waals surface area contributed by atoms with E-state index in [-0.39, 0.29) is 18.2 Å². The highest BCUT2D eigenvalue weighted by Crippen LogP contribution is 2.31. The second-order valence-electron chi connectivity index (χ2n) is 6.25. The van der Waals surface area contributed by atoms with Crippen molar-refractivity contribution in [3.05, 3.63) is 29.8 Å². The van der Waals surface area contributed by atoms with Gasteiger partial charge in [0.05, 0.1) is 6.42 Å². The minimum atomic E-state index is -0.848. The van der Waals surface area contributed by atoms with E-state index >= 15 is 0 Å². The summed E-state index contributed by atoms with van der Waals surface area (Å²) in [6.07, 6.45) is 6.97. The summed E-state index contributed by atoms with van der Waals surface area (Å²) < 4.78 is 0. The van der Waals surface area contributed by atoms with Crippen LogP contribution in [0.4, 0.5) is 5.69 Å². The molecule has 1 aliphatic rings. The summed E-state index contributed by atoms with van der Waals surface area (Å²) in [5.74, 6) is 0.00946. The van der Waals surface area contributed by atoms with Gasteiger partial charge >= 0.3 is 5.97 Å². The number of aliphatic carboxylic acids is 1. The topological polar surface area (TPSA) is 66.4 Å². The smallest absolute Gasteiger partial charge is 0.307 e. The summed E-state index contributed by atoms with van der Waals surface area (Å²) in [6.45, 7) is 2.06. The Balaban J connectivity index is 1.89. The molecule has 1 saturated carbocycles. The largest absolute Gasteiger partial charge is 0.481 e. The highest BCUT2D eigenvalue weighted by atomic mass is 16.4. The van der Waals surface area contributed by atoms with Crippen LogP contribution >= 0.6 is 0 Å². The first-order valence-corrected chi connectivity index (χ1v) is 8.20. The highest BCUT2D eigenvalue weighted by molar-refractivity contribution is 5.92. The van der Waals surface area contributed by atoms with Crippen LogP contribution < -0.4 is 5.32 Å². The minimum Gasteiger partial charge on any atom is -0.481 e. The van der Waals surface area contributed by atoms with E-state index in [4.69, 9.17) is 5.11 Å². The van der Waals surface area contributed by atoms with Gasteiger partial charge in [0.15, 0.2) is 0 Å². The van der Waals surface area contributed by atoms with Crippen LogP contribution in [0.15, 0.2) is 24.3 Å². The van der Waals surface area contributed by atoms with Gasteiger partial charge in [-0.15, -0.1) is 0 Å². The Morgan fingerprint density at radius 1 is 1.23 bits per heavy atom. The molecule has 0 radical (unpaired) electrons. The fraction of sp³-hybridized carbons (Fsp3) is 0.556. The van der Waals surface area contributed by atoms with Crippen molar-refractivity contribution >= 4 is 17.6 Å². The monoisotopic (exact) mass is 303 g/mol. The second-order valence-corrected chi connectivity index (χ2v) is 6.25. The predicted octanol–water partition coefficient (Wildman–Crippen LogP) is 3.86. The molecule has 4 nitrogen and oxygen atoms in total. The zero-order valence-electron chi connectivity index (χ0n) is 13.2. The Morgan fingerprint density at radius 2 is 1.86 bits per heavy atom. The molecule has 1 atom stereocenters. The molecule has 0 saturated heterocycles. The predicted molar refractivity (Wildman–Crippen MR) is 86.8 cm³/mol. The van der Waals surface area contributed by atoms with Crippen molar-refractivity contribution < 1.29 is 14.7 Å². The second kappa shape index (κ2) is 7.97. The zero-order valence-corrected chi connectivity index (χ0v) is 13.2. The third kappa shape index (κ3) is 4.86. The summed E-state index contributed by atoms with van der Waals surface area (Å²) in [6, 6.07) is 7.06. The number of amides is 1. The summed E-state index contributed by atoms with van der Waals surface area (Å²) in [5.41, 5.74) is 1.48. The number of carboxylic acid groups (broad SMARTS) is 1. The van der Waals surface area contributed by atoms with Crippen LogP contribution in [0.1, 0.15) is 51.0 Å². The van der Waals surface area contributed by atoms with E-state index in [0.29, 0.717) is 5.92 Å². The van der Waals surface area contributed by atoms with Crippen LogP contribution in [-0.2, 0) is 16.0 Å². The molecule has 0 bridgehead atoms. The van der Waals surface area contributed by atoms with Gasteiger partial charge in [0.2, 0.25) is 5.91 Å². The van der Waals surface area contributed by atoms with E-state index in [1.54, 1.807) is 24.3 Å². The lowest BCUT2D eigenvalue weighted by atomic mass is 9.90. The number of benzene rings is 1. The molecule has 2 N–H and O–H groups in total. The van der Waals surface area contributed by atoms with Gasteiger partial charge in [-0.1, -0.05) is 44.7 Å². The maximum Gasteiger partial charge on any atom is 0.307 e. The quantitative estimate of drug-likeness (QED) is 0.804. The van der Waals surface area contributed by atoms with Gasteiger partial charge in [0, 0.05) is 11.6 Å². The van der Waals surface area contributed by atoms with Crippen molar-refractivity contribution in [2.45, 2.75) is 51.9 Å². The lowest BCUT2D eigenvalue weighted by Crippen LogP contribution is -2.24. The summed E-state index contributed by atoms with van der Waals surface area (Å²) >= 11 is 0. The first-order chi connectivity index (χ1) is 10.6. The molecule has 1 unspecified atom stereocenters. The van der Waals surface area contributed by atoms with Crippen molar-refractivity contribution in [1.82, 2.24) is 0 Å². The first kappa shape index (κ1) is 16.5. The maximum atomic E-state index is 12.4. The number of rotatable bonds is 7. The van der Waals surface area contributed by atoms with E-state index in [0.717, 1.165) is 24.1 Å². The molecular weight excluding hydrogens is 278 g/mol. The van der Waals surface area contributed by atoms with Crippen molar-refractivity contribution in [2.75, 3.05) is 5.32 Å². The van der Waals surface area contributed by atoms with Gasteiger partial charge in [-0.25, -0.2) is 0 Å². The Bertz CT molecular complexity index is 504. The average molecular weight is 303 g/mol. The molecule has 4 heteroatoms. The number of nitrogens with one attached hydrogen (secondary N) is 1. The molecule has 0 spiro atoms. The van der Waals surface area contributed by atoms with Crippen LogP contribution in [0.2, 0.25) is 0 Å². The van der Waals surface area contributed by atoms with Crippen molar-refractivity contribution in [3.8, 4) is 0 Å². The van der Waals surface area contributed by atoms with Crippen molar-refractivity contribution in [1.29, 1.82) is 0 Å². The van der Waals surface area contributed by atoms with E-state index in [9.17, 15) is 9.59 Å². The Labute approximate surface area is 131 Å². The average Bonchev–Trinajstić information content (AvgIpc) is 2.99. The van der Waals surface area contributed by atoms with Crippen LogP contribution in [0.25, 0.3) is 0 Å². The van der Waals surface area contributed by atoms with Crippen LogP contribution in [0.5, 0.6) is 0 Å².